The number of benzene rings is 1. The van der Waals surface area contributed by atoms with Crippen LogP contribution in [0.3, 0.4) is 0 Å². The Morgan fingerprint density at radius 2 is 2.16 bits per heavy atom. The minimum absolute atomic E-state index is 0.583. The Morgan fingerprint density at radius 1 is 1.37 bits per heavy atom. The van der Waals surface area contributed by atoms with Gasteiger partial charge in [-0.25, -0.2) is 0 Å². The lowest BCUT2D eigenvalue weighted by molar-refractivity contribution is 0.112. The van der Waals surface area contributed by atoms with Crippen molar-refractivity contribution < 1.29 is 0 Å². The Hall–Kier alpha value is -0.570. The summed E-state index contributed by atoms with van der Waals surface area (Å²) in [6.45, 7) is 7.62. The van der Waals surface area contributed by atoms with Gasteiger partial charge in [-0.3, -0.25) is 4.90 Å². The molecule has 1 saturated carbocycles. The molecule has 0 amide bonds. The van der Waals surface area contributed by atoms with E-state index in [2.05, 4.69) is 42.3 Å². The minimum atomic E-state index is 0.583. The molecular weight excluding hydrogens is 256 g/mol. The van der Waals surface area contributed by atoms with Crippen LogP contribution in [0, 0.1) is 12.8 Å². The summed E-state index contributed by atoms with van der Waals surface area (Å²) in [7, 11) is 0. The Labute approximate surface area is 121 Å². The molecule has 2 nitrogen and oxygen atoms in total. The summed E-state index contributed by atoms with van der Waals surface area (Å²) < 4.78 is 0. The van der Waals surface area contributed by atoms with Crippen LogP contribution in [0.15, 0.2) is 18.2 Å². The van der Waals surface area contributed by atoms with Gasteiger partial charge in [-0.2, -0.15) is 0 Å². The van der Waals surface area contributed by atoms with Gasteiger partial charge >= 0.3 is 0 Å². The SMILES string of the molecule is Cc1ccc(CN2CC(C)NCC2C2CC2)c(Cl)c1. The third-order valence-corrected chi connectivity index (χ3v) is 4.75. The lowest BCUT2D eigenvalue weighted by Gasteiger charge is -2.40. The van der Waals surface area contributed by atoms with Crippen LogP contribution in [0.4, 0.5) is 0 Å². The van der Waals surface area contributed by atoms with Crippen molar-refractivity contribution >= 4 is 11.6 Å². The molecule has 1 heterocycles. The summed E-state index contributed by atoms with van der Waals surface area (Å²) in [5.41, 5.74) is 2.51. The number of hydrogen-bond acceptors (Lipinski definition) is 2. The van der Waals surface area contributed by atoms with Gasteiger partial charge in [0.1, 0.15) is 0 Å². The molecule has 2 fully saturated rings. The van der Waals surface area contributed by atoms with E-state index in [9.17, 15) is 0 Å². The fraction of sp³-hybridized carbons (Fsp3) is 0.625. The molecule has 0 aromatic heterocycles. The standard InChI is InChI=1S/C16H23ClN2/c1-11-3-4-14(15(17)7-11)10-19-9-12(2)18-8-16(19)13-5-6-13/h3-4,7,12-13,16,18H,5-6,8-10H2,1-2H3. The van der Waals surface area contributed by atoms with Crippen LogP contribution in [0.25, 0.3) is 0 Å². The molecule has 3 heteroatoms. The second-order valence-electron chi connectivity index (χ2n) is 6.24. The van der Waals surface area contributed by atoms with E-state index < -0.39 is 0 Å². The predicted molar refractivity (Wildman–Crippen MR) is 80.6 cm³/mol. The normalized spacial score (nSPS) is 28.6. The van der Waals surface area contributed by atoms with Crippen molar-refractivity contribution in [3.63, 3.8) is 0 Å². The first-order chi connectivity index (χ1) is 9.13. The molecule has 0 bridgehead atoms. The highest BCUT2D eigenvalue weighted by Crippen LogP contribution is 2.37. The Kier molecular flexibility index (Phi) is 3.84. The monoisotopic (exact) mass is 278 g/mol. The van der Waals surface area contributed by atoms with Gasteiger partial charge in [0, 0.05) is 36.7 Å². The van der Waals surface area contributed by atoms with E-state index in [0.717, 1.165) is 30.6 Å². The zero-order chi connectivity index (χ0) is 13.4. The van der Waals surface area contributed by atoms with Gasteiger partial charge in [0.05, 0.1) is 0 Å². The quantitative estimate of drug-likeness (QED) is 0.913. The van der Waals surface area contributed by atoms with Crippen molar-refractivity contribution in [3.05, 3.63) is 34.3 Å². The highest BCUT2D eigenvalue weighted by atomic mass is 35.5. The summed E-state index contributed by atoms with van der Waals surface area (Å²) in [5, 5.41) is 4.54. The number of halogens is 1. The molecule has 1 aliphatic heterocycles. The average Bonchev–Trinajstić information content (AvgIpc) is 3.17. The molecule has 1 aromatic rings. The van der Waals surface area contributed by atoms with Crippen LogP contribution in [-0.4, -0.2) is 30.1 Å². The molecule has 0 radical (unpaired) electrons. The number of rotatable bonds is 3. The number of piperazine rings is 1. The number of hydrogen-bond donors (Lipinski definition) is 1. The van der Waals surface area contributed by atoms with Crippen molar-refractivity contribution in [2.24, 2.45) is 5.92 Å². The van der Waals surface area contributed by atoms with Crippen molar-refractivity contribution in [3.8, 4) is 0 Å². The first-order valence-electron chi connectivity index (χ1n) is 7.36. The van der Waals surface area contributed by atoms with Crippen molar-refractivity contribution in [1.29, 1.82) is 0 Å². The smallest absolute Gasteiger partial charge is 0.0453 e. The van der Waals surface area contributed by atoms with Crippen molar-refractivity contribution in [1.82, 2.24) is 10.2 Å². The van der Waals surface area contributed by atoms with E-state index in [1.54, 1.807) is 0 Å². The van der Waals surface area contributed by atoms with E-state index >= 15 is 0 Å². The Bertz CT molecular complexity index is 456. The van der Waals surface area contributed by atoms with Gasteiger partial charge in [-0.1, -0.05) is 23.7 Å². The van der Waals surface area contributed by atoms with E-state index in [4.69, 9.17) is 11.6 Å². The second kappa shape index (κ2) is 5.43. The summed E-state index contributed by atoms with van der Waals surface area (Å²) in [6.07, 6.45) is 2.80. The van der Waals surface area contributed by atoms with Crippen molar-refractivity contribution in [2.45, 2.75) is 45.3 Å². The highest BCUT2D eigenvalue weighted by molar-refractivity contribution is 6.31. The first kappa shape index (κ1) is 13.4. The summed E-state index contributed by atoms with van der Waals surface area (Å²) in [6, 6.07) is 7.72. The molecule has 2 unspecified atom stereocenters. The van der Waals surface area contributed by atoms with E-state index in [1.165, 1.54) is 24.0 Å². The summed E-state index contributed by atoms with van der Waals surface area (Å²) in [5.74, 6) is 0.907. The summed E-state index contributed by atoms with van der Waals surface area (Å²) >= 11 is 6.39. The highest BCUT2D eigenvalue weighted by Gasteiger charge is 2.37. The number of aryl methyl sites for hydroxylation is 1. The van der Waals surface area contributed by atoms with E-state index in [0.29, 0.717) is 12.1 Å². The topological polar surface area (TPSA) is 15.3 Å². The third kappa shape index (κ3) is 3.13. The molecule has 2 atom stereocenters. The molecule has 3 rings (SSSR count). The summed E-state index contributed by atoms with van der Waals surface area (Å²) in [4.78, 5) is 2.63. The number of nitrogens with zero attached hydrogens (tertiary/aromatic N) is 1. The van der Waals surface area contributed by atoms with Crippen LogP contribution in [-0.2, 0) is 6.54 Å². The van der Waals surface area contributed by atoms with Gasteiger partial charge in [-0.05, 0) is 49.8 Å². The molecule has 0 spiro atoms. The largest absolute Gasteiger partial charge is 0.311 e. The van der Waals surface area contributed by atoms with Crippen LogP contribution < -0.4 is 5.32 Å². The van der Waals surface area contributed by atoms with Gasteiger partial charge in [0.2, 0.25) is 0 Å². The molecule has 1 aliphatic carbocycles. The van der Waals surface area contributed by atoms with Crippen LogP contribution >= 0.6 is 11.6 Å². The lowest BCUT2D eigenvalue weighted by atomic mass is 10.0. The second-order valence-corrected chi connectivity index (χ2v) is 6.65. The van der Waals surface area contributed by atoms with E-state index in [1.807, 2.05) is 0 Å². The third-order valence-electron chi connectivity index (χ3n) is 4.40. The molecule has 19 heavy (non-hydrogen) atoms. The van der Waals surface area contributed by atoms with Gasteiger partial charge in [0.15, 0.2) is 0 Å². The van der Waals surface area contributed by atoms with Gasteiger partial charge in [-0.15, -0.1) is 0 Å². The zero-order valence-electron chi connectivity index (χ0n) is 11.8. The van der Waals surface area contributed by atoms with Crippen LogP contribution in [0.2, 0.25) is 5.02 Å². The molecule has 1 aromatic carbocycles. The van der Waals surface area contributed by atoms with E-state index in [-0.39, 0.29) is 0 Å². The molecule has 104 valence electrons. The predicted octanol–water partition coefficient (Wildman–Crippen LogP) is 3.22. The minimum Gasteiger partial charge on any atom is -0.311 e. The zero-order valence-corrected chi connectivity index (χ0v) is 12.6. The first-order valence-corrected chi connectivity index (χ1v) is 7.74. The maximum Gasteiger partial charge on any atom is 0.0453 e. The van der Waals surface area contributed by atoms with Gasteiger partial charge in [0.25, 0.3) is 0 Å². The average molecular weight is 279 g/mol. The van der Waals surface area contributed by atoms with Gasteiger partial charge < -0.3 is 5.32 Å². The van der Waals surface area contributed by atoms with Crippen molar-refractivity contribution in [2.75, 3.05) is 13.1 Å². The molecule has 1 saturated heterocycles. The Morgan fingerprint density at radius 3 is 2.84 bits per heavy atom. The fourth-order valence-corrected chi connectivity index (χ4v) is 3.42. The maximum absolute atomic E-state index is 6.39. The van der Waals surface area contributed by atoms with Crippen LogP contribution in [0.5, 0.6) is 0 Å². The van der Waals surface area contributed by atoms with Crippen LogP contribution in [0.1, 0.15) is 30.9 Å². The maximum atomic E-state index is 6.39. The fourth-order valence-electron chi connectivity index (χ4n) is 3.13. The lowest BCUT2D eigenvalue weighted by Crippen LogP contribution is -2.55. The molecule has 2 aliphatic rings. The Balaban J connectivity index is 1.75. The molecular formula is C16H23ClN2. The number of nitrogens with one attached hydrogen (secondary N) is 1. The molecule has 1 N–H and O–H groups in total.